The Morgan fingerprint density at radius 1 is 1.38 bits per heavy atom. The molecule has 2 heterocycles. The molecule has 1 aromatic heterocycles. The summed E-state index contributed by atoms with van der Waals surface area (Å²) in [6, 6.07) is 4.96. The molecule has 0 spiro atoms. The van der Waals surface area contributed by atoms with Gasteiger partial charge in [-0.3, -0.25) is 14.5 Å². The lowest BCUT2D eigenvalue weighted by Gasteiger charge is -2.15. The van der Waals surface area contributed by atoms with Gasteiger partial charge in [0.15, 0.2) is 0 Å². The average Bonchev–Trinajstić information content (AvgIpc) is 2.99. The van der Waals surface area contributed by atoms with E-state index in [4.69, 9.17) is 5.11 Å². The molecule has 0 saturated carbocycles. The highest BCUT2D eigenvalue weighted by Gasteiger charge is 2.36. The molecule has 0 saturated heterocycles. The summed E-state index contributed by atoms with van der Waals surface area (Å²) in [7, 11) is 0. The smallest absolute Gasteiger partial charge is 0.365 e. The molecule has 3 rings (SSSR count). The van der Waals surface area contributed by atoms with Crippen LogP contribution in [0.5, 0.6) is 0 Å². The highest BCUT2D eigenvalue weighted by atomic mass is 79.9. The Bertz CT molecular complexity index is 786. The van der Waals surface area contributed by atoms with Gasteiger partial charge in [0.2, 0.25) is 5.01 Å². The monoisotopic (exact) mass is 366 g/mol. The molecule has 8 heteroatoms. The molecule has 0 unspecified atom stereocenters. The Morgan fingerprint density at radius 3 is 2.81 bits per heavy atom. The van der Waals surface area contributed by atoms with E-state index in [0.29, 0.717) is 16.9 Å². The first-order chi connectivity index (χ1) is 9.97. The van der Waals surface area contributed by atoms with Crippen molar-refractivity contribution in [1.82, 2.24) is 4.98 Å². The van der Waals surface area contributed by atoms with Crippen LogP contribution in [0.4, 0.5) is 5.69 Å². The molecule has 2 aromatic rings. The predicted molar refractivity (Wildman–Crippen MR) is 78.7 cm³/mol. The third-order valence-corrected chi connectivity index (χ3v) is 4.36. The topological polar surface area (TPSA) is 87.6 Å². The summed E-state index contributed by atoms with van der Waals surface area (Å²) < 4.78 is 0.748. The van der Waals surface area contributed by atoms with Crippen LogP contribution in [0.1, 0.15) is 25.9 Å². The van der Waals surface area contributed by atoms with Crippen molar-refractivity contribution in [2.45, 2.75) is 6.54 Å². The molecule has 0 aliphatic carbocycles. The number of rotatable bonds is 3. The van der Waals surface area contributed by atoms with Gasteiger partial charge in [0.1, 0.15) is 0 Å². The molecule has 6 nitrogen and oxygen atoms in total. The number of benzene rings is 1. The zero-order valence-electron chi connectivity index (χ0n) is 10.4. The average molecular weight is 367 g/mol. The fourth-order valence-corrected chi connectivity index (χ4v) is 3.06. The summed E-state index contributed by atoms with van der Waals surface area (Å²) in [4.78, 5) is 40.0. The second-order valence-electron chi connectivity index (χ2n) is 4.33. The van der Waals surface area contributed by atoms with Crippen LogP contribution < -0.4 is 4.90 Å². The molecule has 1 amide bonds. The van der Waals surface area contributed by atoms with Crippen LogP contribution in [-0.2, 0) is 11.3 Å². The zero-order chi connectivity index (χ0) is 15.1. The van der Waals surface area contributed by atoms with Crippen molar-refractivity contribution in [2.24, 2.45) is 0 Å². The normalized spacial score (nSPS) is 13.7. The lowest BCUT2D eigenvalue weighted by Crippen LogP contribution is -2.29. The molecular weight excluding hydrogens is 360 g/mol. The Balaban J connectivity index is 1.95. The van der Waals surface area contributed by atoms with Crippen LogP contribution in [0.3, 0.4) is 0 Å². The summed E-state index contributed by atoms with van der Waals surface area (Å²) in [6.45, 7) is 0.0673. The first-order valence-electron chi connectivity index (χ1n) is 5.81. The first kappa shape index (κ1) is 13.9. The van der Waals surface area contributed by atoms with Gasteiger partial charge in [-0.1, -0.05) is 15.9 Å². The number of carboxylic acids is 1. The van der Waals surface area contributed by atoms with E-state index >= 15 is 0 Å². The number of aromatic carboxylic acids is 1. The minimum Gasteiger partial charge on any atom is -0.476 e. The molecule has 106 valence electrons. The number of aromatic nitrogens is 1. The Hall–Kier alpha value is -2.06. The van der Waals surface area contributed by atoms with Crippen LogP contribution in [0.25, 0.3) is 0 Å². The molecule has 1 aromatic carbocycles. The van der Waals surface area contributed by atoms with E-state index in [9.17, 15) is 14.4 Å². The zero-order valence-corrected chi connectivity index (χ0v) is 12.8. The van der Waals surface area contributed by atoms with Crippen molar-refractivity contribution >= 4 is 50.6 Å². The summed E-state index contributed by atoms with van der Waals surface area (Å²) in [5, 5.41) is 10.4. The predicted octanol–water partition coefficient (Wildman–Crippen LogP) is 2.33. The fraction of sp³-hybridized carbons (Fsp3) is 0.0769. The molecule has 0 fully saturated rings. The fourth-order valence-electron chi connectivity index (χ4n) is 2.06. The quantitative estimate of drug-likeness (QED) is 0.842. The minimum atomic E-state index is -1.11. The Labute approximate surface area is 131 Å². The molecule has 0 radical (unpaired) electrons. The molecular formula is C13H7BrN2O4S. The van der Waals surface area contributed by atoms with Gasteiger partial charge in [-0.05, 0) is 18.2 Å². The number of carboxylic acid groups (broad SMARTS) is 1. The van der Waals surface area contributed by atoms with Crippen molar-refractivity contribution in [3.8, 4) is 0 Å². The van der Waals surface area contributed by atoms with Crippen molar-refractivity contribution < 1.29 is 19.5 Å². The van der Waals surface area contributed by atoms with Gasteiger partial charge < -0.3 is 5.11 Å². The van der Waals surface area contributed by atoms with Gasteiger partial charge in [0.05, 0.1) is 23.5 Å². The summed E-state index contributed by atoms with van der Waals surface area (Å²) in [5.74, 6) is -2.31. The van der Waals surface area contributed by atoms with Crippen LogP contribution in [-0.4, -0.2) is 27.8 Å². The number of carbonyl (C=O) groups excluding carboxylic acids is 2. The van der Waals surface area contributed by atoms with Gasteiger partial charge in [0, 0.05) is 9.85 Å². The highest BCUT2D eigenvalue weighted by Crippen LogP contribution is 2.32. The number of halogens is 1. The number of anilines is 1. The molecule has 0 bridgehead atoms. The summed E-state index contributed by atoms with van der Waals surface area (Å²) in [6.07, 6.45) is 0. The lowest BCUT2D eigenvalue weighted by molar-refractivity contribution is -0.114. The number of ketones is 1. The number of amides is 1. The van der Waals surface area contributed by atoms with Crippen molar-refractivity contribution in [3.05, 3.63) is 44.3 Å². The summed E-state index contributed by atoms with van der Waals surface area (Å²) in [5.41, 5.74) is 1.28. The maximum Gasteiger partial charge on any atom is 0.365 e. The van der Waals surface area contributed by atoms with E-state index in [-0.39, 0.29) is 11.6 Å². The second-order valence-corrected chi connectivity index (χ2v) is 6.10. The SMILES string of the molecule is O=C(O)c1nc(CN2C(=O)C(=O)c3ccc(Br)cc32)cs1. The van der Waals surface area contributed by atoms with Gasteiger partial charge in [-0.15, -0.1) is 11.3 Å². The van der Waals surface area contributed by atoms with Crippen LogP contribution in [0.15, 0.2) is 28.1 Å². The van der Waals surface area contributed by atoms with Gasteiger partial charge >= 0.3 is 5.97 Å². The van der Waals surface area contributed by atoms with Crippen LogP contribution in [0.2, 0.25) is 0 Å². The Kier molecular flexibility index (Phi) is 3.34. The van der Waals surface area contributed by atoms with E-state index in [1.54, 1.807) is 23.6 Å². The van der Waals surface area contributed by atoms with Crippen LogP contribution in [0, 0.1) is 0 Å². The molecule has 1 N–H and O–H groups in total. The third-order valence-electron chi connectivity index (χ3n) is 2.99. The third kappa shape index (κ3) is 2.36. The number of thiazole rings is 1. The molecule has 1 aliphatic heterocycles. The first-order valence-corrected chi connectivity index (χ1v) is 7.48. The number of hydrogen-bond donors (Lipinski definition) is 1. The van der Waals surface area contributed by atoms with Crippen LogP contribution >= 0.6 is 27.3 Å². The second kappa shape index (κ2) is 5.05. The number of hydrogen-bond acceptors (Lipinski definition) is 5. The standard InChI is InChI=1S/C13H7BrN2O4S/c14-6-1-2-8-9(3-6)16(12(18)10(8)17)4-7-5-21-11(15-7)13(19)20/h1-3,5H,4H2,(H,19,20). The highest BCUT2D eigenvalue weighted by molar-refractivity contribution is 9.10. The van der Waals surface area contributed by atoms with Gasteiger partial charge in [-0.25, -0.2) is 9.78 Å². The van der Waals surface area contributed by atoms with Crippen molar-refractivity contribution in [3.63, 3.8) is 0 Å². The van der Waals surface area contributed by atoms with E-state index in [0.717, 1.165) is 15.8 Å². The number of Topliss-reactive ketones (excluding diaryl/α,β-unsaturated/α-hetero) is 1. The van der Waals surface area contributed by atoms with Gasteiger partial charge in [0.25, 0.3) is 11.7 Å². The Morgan fingerprint density at radius 2 is 2.14 bits per heavy atom. The molecule has 21 heavy (non-hydrogen) atoms. The van der Waals surface area contributed by atoms with E-state index in [1.165, 1.54) is 4.90 Å². The lowest BCUT2D eigenvalue weighted by atomic mass is 10.1. The number of nitrogens with zero attached hydrogens (tertiary/aromatic N) is 2. The molecule has 1 aliphatic rings. The van der Waals surface area contributed by atoms with Crippen molar-refractivity contribution in [1.29, 1.82) is 0 Å². The maximum atomic E-state index is 12.0. The van der Waals surface area contributed by atoms with Gasteiger partial charge in [-0.2, -0.15) is 0 Å². The summed E-state index contributed by atoms with van der Waals surface area (Å²) >= 11 is 4.29. The van der Waals surface area contributed by atoms with E-state index in [1.807, 2.05) is 0 Å². The maximum absolute atomic E-state index is 12.0. The van der Waals surface area contributed by atoms with E-state index < -0.39 is 17.7 Å². The molecule has 0 atom stereocenters. The number of carbonyl (C=O) groups is 3. The largest absolute Gasteiger partial charge is 0.476 e. The number of fused-ring (bicyclic) bond motifs is 1. The van der Waals surface area contributed by atoms with E-state index in [2.05, 4.69) is 20.9 Å². The van der Waals surface area contributed by atoms with Crippen molar-refractivity contribution in [2.75, 3.05) is 4.90 Å². The minimum absolute atomic E-state index is 0.0440.